The molecule has 1 atom stereocenters. The lowest BCUT2D eigenvalue weighted by molar-refractivity contribution is 0.107. The minimum absolute atomic E-state index is 0.300. The Morgan fingerprint density at radius 3 is 3.19 bits per heavy atom. The van der Waals surface area contributed by atoms with Gasteiger partial charge in [-0.15, -0.1) is 0 Å². The van der Waals surface area contributed by atoms with Crippen LogP contribution in [0.25, 0.3) is 0 Å². The van der Waals surface area contributed by atoms with Gasteiger partial charge in [0.05, 0.1) is 18.9 Å². The molecule has 4 nitrogen and oxygen atoms in total. The first-order chi connectivity index (χ1) is 7.83. The highest BCUT2D eigenvalue weighted by Gasteiger charge is 2.21. The van der Waals surface area contributed by atoms with Gasteiger partial charge >= 0.3 is 0 Å². The Morgan fingerprint density at radius 2 is 2.38 bits per heavy atom. The van der Waals surface area contributed by atoms with Crippen molar-refractivity contribution >= 4 is 5.82 Å². The van der Waals surface area contributed by atoms with Crippen molar-refractivity contribution in [2.75, 3.05) is 24.6 Å². The van der Waals surface area contributed by atoms with E-state index in [-0.39, 0.29) is 0 Å². The lowest BCUT2D eigenvalue weighted by Gasteiger charge is -2.21. The topological polar surface area (TPSA) is 51.4 Å². The van der Waals surface area contributed by atoms with Gasteiger partial charge in [0.1, 0.15) is 5.82 Å². The van der Waals surface area contributed by atoms with Crippen LogP contribution in [0.1, 0.15) is 17.7 Å². The van der Waals surface area contributed by atoms with Crippen molar-refractivity contribution in [3.05, 3.63) is 23.4 Å². The largest absolute Gasteiger partial charge is 0.375 e. The van der Waals surface area contributed by atoms with Crippen LogP contribution in [0.5, 0.6) is 0 Å². The molecule has 0 aliphatic carbocycles. The Balaban J connectivity index is 1.85. The first-order valence-electron chi connectivity index (χ1n) is 5.90. The smallest absolute Gasteiger partial charge is 0.128 e. The summed E-state index contributed by atoms with van der Waals surface area (Å²) in [7, 11) is 0. The zero-order valence-electron chi connectivity index (χ0n) is 9.35. The molecule has 3 rings (SSSR count). The number of nitrogens with zero attached hydrogens (tertiary/aromatic N) is 2. The van der Waals surface area contributed by atoms with E-state index in [1.54, 1.807) is 0 Å². The highest BCUT2D eigenvalue weighted by molar-refractivity contribution is 5.43. The molecule has 4 heteroatoms. The number of anilines is 1. The molecule has 2 aliphatic heterocycles. The van der Waals surface area contributed by atoms with Gasteiger partial charge in [0.25, 0.3) is 0 Å². The van der Waals surface area contributed by atoms with Gasteiger partial charge in [-0.05, 0) is 24.5 Å². The fraction of sp³-hybridized carbons (Fsp3) is 0.583. The zero-order valence-corrected chi connectivity index (χ0v) is 9.35. The molecule has 1 unspecified atom stereocenters. The lowest BCUT2D eigenvalue weighted by Crippen LogP contribution is -2.27. The van der Waals surface area contributed by atoms with Crippen molar-refractivity contribution in [2.24, 2.45) is 5.73 Å². The summed E-state index contributed by atoms with van der Waals surface area (Å²) in [4.78, 5) is 6.94. The third-order valence-corrected chi connectivity index (χ3v) is 3.36. The molecular formula is C12H17N3O. The predicted molar refractivity (Wildman–Crippen MR) is 62.4 cm³/mol. The second kappa shape index (κ2) is 4.03. The van der Waals surface area contributed by atoms with Crippen LogP contribution in [-0.4, -0.2) is 30.7 Å². The Labute approximate surface area is 95.4 Å². The molecule has 16 heavy (non-hydrogen) atoms. The Hall–Kier alpha value is -1.13. The van der Waals surface area contributed by atoms with Crippen molar-refractivity contribution in [2.45, 2.75) is 25.5 Å². The number of pyridine rings is 1. The van der Waals surface area contributed by atoms with E-state index in [1.165, 1.54) is 5.56 Å². The van der Waals surface area contributed by atoms with E-state index in [0.29, 0.717) is 12.6 Å². The van der Waals surface area contributed by atoms with Crippen LogP contribution in [0, 0.1) is 0 Å². The van der Waals surface area contributed by atoms with Gasteiger partial charge in [0.15, 0.2) is 0 Å². The van der Waals surface area contributed by atoms with E-state index < -0.39 is 0 Å². The van der Waals surface area contributed by atoms with E-state index in [4.69, 9.17) is 10.5 Å². The van der Waals surface area contributed by atoms with Crippen LogP contribution < -0.4 is 10.6 Å². The summed E-state index contributed by atoms with van der Waals surface area (Å²) in [6.07, 6.45) is 2.05. The summed E-state index contributed by atoms with van der Waals surface area (Å²) in [6, 6.07) is 4.60. The SMILES string of the molecule is NC1CCN(c2ccc3c(n2)COCC3)C1. The van der Waals surface area contributed by atoms with Crippen LogP contribution in [0.3, 0.4) is 0 Å². The minimum Gasteiger partial charge on any atom is -0.375 e. The maximum Gasteiger partial charge on any atom is 0.128 e. The molecular weight excluding hydrogens is 202 g/mol. The standard InChI is InChI=1S/C12H17N3O/c13-10-3-5-15(7-10)12-2-1-9-4-6-16-8-11(9)14-12/h1-2,10H,3-8,13H2. The zero-order chi connectivity index (χ0) is 11.0. The second-order valence-electron chi connectivity index (χ2n) is 4.57. The summed E-state index contributed by atoms with van der Waals surface area (Å²) < 4.78 is 5.43. The molecule has 1 saturated heterocycles. The number of hydrogen-bond donors (Lipinski definition) is 1. The van der Waals surface area contributed by atoms with Gasteiger partial charge < -0.3 is 15.4 Å². The summed E-state index contributed by atoms with van der Waals surface area (Å²) in [6.45, 7) is 3.42. The highest BCUT2D eigenvalue weighted by Crippen LogP contribution is 2.22. The third kappa shape index (κ3) is 1.79. The van der Waals surface area contributed by atoms with Gasteiger partial charge in [-0.3, -0.25) is 0 Å². The molecule has 1 aromatic heterocycles. The predicted octanol–water partition coefficient (Wildman–Crippen LogP) is 0.692. The maximum absolute atomic E-state index is 5.91. The number of hydrogen-bond acceptors (Lipinski definition) is 4. The molecule has 0 spiro atoms. The monoisotopic (exact) mass is 219 g/mol. The van der Waals surface area contributed by atoms with Crippen LogP contribution in [0.15, 0.2) is 12.1 Å². The molecule has 86 valence electrons. The fourth-order valence-electron chi connectivity index (χ4n) is 2.39. The molecule has 0 saturated carbocycles. The summed E-state index contributed by atoms with van der Waals surface area (Å²) in [5.74, 6) is 1.05. The Bertz CT molecular complexity index is 394. The van der Waals surface area contributed by atoms with Crippen LogP contribution in [-0.2, 0) is 17.8 Å². The molecule has 0 bridgehead atoms. The summed E-state index contributed by atoms with van der Waals surface area (Å²) in [5, 5.41) is 0. The number of nitrogens with two attached hydrogens (primary N) is 1. The molecule has 1 fully saturated rings. The van der Waals surface area contributed by atoms with E-state index in [0.717, 1.165) is 44.0 Å². The van der Waals surface area contributed by atoms with Crippen molar-refractivity contribution in [1.82, 2.24) is 4.98 Å². The van der Waals surface area contributed by atoms with Crippen molar-refractivity contribution in [3.8, 4) is 0 Å². The normalized spacial score (nSPS) is 24.6. The summed E-state index contributed by atoms with van der Waals surface area (Å²) in [5.41, 5.74) is 8.34. The molecule has 0 amide bonds. The first kappa shape index (κ1) is 10.1. The van der Waals surface area contributed by atoms with E-state index >= 15 is 0 Å². The average molecular weight is 219 g/mol. The van der Waals surface area contributed by atoms with Gasteiger partial charge in [-0.25, -0.2) is 4.98 Å². The van der Waals surface area contributed by atoms with Crippen molar-refractivity contribution < 1.29 is 4.74 Å². The molecule has 1 aromatic rings. The quantitative estimate of drug-likeness (QED) is 0.755. The second-order valence-corrected chi connectivity index (χ2v) is 4.57. The molecule has 0 radical (unpaired) electrons. The van der Waals surface area contributed by atoms with Crippen LogP contribution >= 0.6 is 0 Å². The maximum atomic E-state index is 5.91. The van der Waals surface area contributed by atoms with Crippen LogP contribution in [0.2, 0.25) is 0 Å². The van der Waals surface area contributed by atoms with Crippen LogP contribution in [0.4, 0.5) is 5.82 Å². The summed E-state index contributed by atoms with van der Waals surface area (Å²) >= 11 is 0. The Kier molecular flexibility index (Phi) is 2.53. The Morgan fingerprint density at radius 1 is 1.44 bits per heavy atom. The molecule has 0 aromatic carbocycles. The van der Waals surface area contributed by atoms with E-state index in [1.807, 2.05) is 0 Å². The molecule has 3 heterocycles. The fourth-order valence-corrected chi connectivity index (χ4v) is 2.39. The number of aromatic nitrogens is 1. The molecule has 2 aliphatic rings. The van der Waals surface area contributed by atoms with Gasteiger partial charge in [-0.2, -0.15) is 0 Å². The van der Waals surface area contributed by atoms with Crippen molar-refractivity contribution in [1.29, 1.82) is 0 Å². The highest BCUT2D eigenvalue weighted by atomic mass is 16.5. The number of ether oxygens (including phenoxy) is 1. The van der Waals surface area contributed by atoms with Gasteiger partial charge in [-0.1, -0.05) is 6.07 Å². The minimum atomic E-state index is 0.300. The number of rotatable bonds is 1. The average Bonchev–Trinajstić information content (AvgIpc) is 2.75. The van der Waals surface area contributed by atoms with E-state index in [9.17, 15) is 0 Å². The van der Waals surface area contributed by atoms with Gasteiger partial charge in [0, 0.05) is 19.1 Å². The number of fused-ring (bicyclic) bond motifs is 1. The van der Waals surface area contributed by atoms with Crippen molar-refractivity contribution in [3.63, 3.8) is 0 Å². The van der Waals surface area contributed by atoms with Gasteiger partial charge in [0.2, 0.25) is 0 Å². The van der Waals surface area contributed by atoms with E-state index in [2.05, 4.69) is 22.0 Å². The first-order valence-corrected chi connectivity index (χ1v) is 5.90. The third-order valence-electron chi connectivity index (χ3n) is 3.36. The molecule has 2 N–H and O–H groups in total. The lowest BCUT2D eigenvalue weighted by atomic mass is 10.1.